The third kappa shape index (κ3) is 4.79. The molecule has 0 aliphatic heterocycles. The van der Waals surface area contributed by atoms with Gasteiger partial charge in [0.15, 0.2) is 5.78 Å². The van der Waals surface area contributed by atoms with Gasteiger partial charge in [-0.05, 0) is 48.6 Å². The fraction of sp³-hybridized carbons (Fsp3) is 0. The van der Waals surface area contributed by atoms with Crippen LogP contribution < -0.4 is 4.74 Å². The maximum Gasteiger partial charge on any atom is 0.343 e. The average Bonchev–Trinajstić information content (AvgIpc) is 2.74. The highest BCUT2D eigenvalue weighted by Crippen LogP contribution is 2.23. The SMILES string of the molecule is O=C(Oc1ccc(F)cc1C(=O)C=Cc1ccccc1F)c1ccc([N+](=O)[O-])cc1. The van der Waals surface area contributed by atoms with E-state index in [4.69, 9.17) is 4.74 Å². The quantitative estimate of drug-likeness (QED) is 0.143. The molecule has 0 bridgehead atoms. The normalized spacial score (nSPS) is 10.7. The van der Waals surface area contributed by atoms with Crippen LogP contribution in [0.1, 0.15) is 26.3 Å². The predicted molar refractivity (Wildman–Crippen MR) is 104 cm³/mol. The Bertz CT molecular complexity index is 1160. The summed E-state index contributed by atoms with van der Waals surface area (Å²) in [5.74, 6) is -3.06. The lowest BCUT2D eigenvalue weighted by molar-refractivity contribution is -0.384. The average molecular weight is 409 g/mol. The van der Waals surface area contributed by atoms with E-state index in [-0.39, 0.29) is 28.1 Å². The van der Waals surface area contributed by atoms with E-state index in [1.165, 1.54) is 36.4 Å². The molecular formula is C22H13F2NO5. The number of rotatable bonds is 6. The number of ketones is 1. The van der Waals surface area contributed by atoms with Gasteiger partial charge < -0.3 is 4.74 Å². The van der Waals surface area contributed by atoms with E-state index < -0.39 is 28.3 Å². The number of ether oxygens (including phenoxy) is 1. The molecule has 3 aromatic rings. The van der Waals surface area contributed by atoms with Gasteiger partial charge in [-0.1, -0.05) is 18.2 Å². The van der Waals surface area contributed by atoms with Crippen molar-refractivity contribution in [1.29, 1.82) is 0 Å². The fourth-order valence-electron chi connectivity index (χ4n) is 2.53. The van der Waals surface area contributed by atoms with Crippen LogP contribution in [0.15, 0.2) is 72.8 Å². The third-order valence-electron chi connectivity index (χ3n) is 4.04. The molecule has 30 heavy (non-hydrogen) atoms. The Morgan fingerprint density at radius 1 is 0.967 bits per heavy atom. The Morgan fingerprint density at radius 3 is 2.33 bits per heavy atom. The lowest BCUT2D eigenvalue weighted by atomic mass is 10.1. The van der Waals surface area contributed by atoms with Crippen LogP contribution in [0.2, 0.25) is 0 Å². The minimum absolute atomic E-state index is 0.00484. The van der Waals surface area contributed by atoms with Gasteiger partial charge in [0.1, 0.15) is 17.4 Å². The van der Waals surface area contributed by atoms with E-state index in [2.05, 4.69) is 0 Å². The molecule has 0 heterocycles. The molecule has 0 atom stereocenters. The number of hydrogen-bond acceptors (Lipinski definition) is 5. The van der Waals surface area contributed by atoms with E-state index in [9.17, 15) is 28.5 Å². The Balaban J connectivity index is 1.84. The molecule has 0 spiro atoms. The number of esters is 1. The van der Waals surface area contributed by atoms with E-state index in [1.54, 1.807) is 6.07 Å². The summed E-state index contributed by atoms with van der Waals surface area (Å²) >= 11 is 0. The van der Waals surface area contributed by atoms with Crippen molar-refractivity contribution in [2.75, 3.05) is 0 Å². The fourth-order valence-corrected chi connectivity index (χ4v) is 2.53. The van der Waals surface area contributed by atoms with Crippen LogP contribution >= 0.6 is 0 Å². The van der Waals surface area contributed by atoms with Gasteiger partial charge in [-0.2, -0.15) is 0 Å². The van der Waals surface area contributed by atoms with Crippen molar-refractivity contribution in [2.24, 2.45) is 0 Å². The van der Waals surface area contributed by atoms with Crippen LogP contribution in [-0.2, 0) is 0 Å². The smallest absolute Gasteiger partial charge is 0.343 e. The van der Waals surface area contributed by atoms with Crippen LogP contribution in [0.4, 0.5) is 14.5 Å². The number of allylic oxidation sites excluding steroid dienone is 1. The number of non-ortho nitro benzene ring substituents is 1. The molecule has 0 aromatic heterocycles. The van der Waals surface area contributed by atoms with Crippen molar-refractivity contribution in [1.82, 2.24) is 0 Å². The number of benzene rings is 3. The van der Waals surface area contributed by atoms with Gasteiger partial charge in [-0.15, -0.1) is 0 Å². The van der Waals surface area contributed by atoms with E-state index in [1.807, 2.05) is 0 Å². The van der Waals surface area contributed by atoms with Crippen molar-refractivity contribution in [2.45, 2.75) is 0 Å². The Labute approximate surface area is 169 Å². The summed E-state index contributed by atoms with van der Waals surface area (Å²) in [4.78, 5) is 34.9. The molecule has 8 heteroatoms. The molecule has 0 radical (unpaired) electrons. The highest BCUT2D eigenvalue weighted by Gasteiger charge is 2.17. The lowest BCUT2D eigenvalue weighted by Gasteiger charge is -2.08. The monoisotopic (exact) mass is 409 g/mol. The first-order valence-electron chi connectivity index (χ1n) is 8.58. The van der Waals surface area contributed by atoms with E-state index in [0.717, 1.165) is 36.4 Å². The summed E-state index contributed by atoms with van der Waals surface area (Å²) in [5, 5.41) is 10.7. The maximum absolute atomic E-state index is 13.7. The van der Waals surface area contributed by atoms with Gasteiger partial charge in [-0.25, -0.2) is 13.6 Å². The van der Waals surface area contributed by atoms with Crippen LogP contribution in [0.3, 0.4) is 0 Å². The molecule has 0 N–H and O–H groups in total. The van der Waals surface area contributed by atoms with Crippen LogP contribution in [0, 0.1) is 21.7 Å². The minimum Gasteiger partial charge on any atom is -0.422 e. The summed E-state index contributed by atoms with van der Waals surface area (Å²) in [6.07, 6.45) is 2.26. The first-order chi connectivity index (χ1) is 14.3. The summed E-state index contributed by atoms with van der Waals surface area (Å²) in [7, 11) is 0. The highest BCUT2D eigenvalue weighted by molar-refractivity contribution is 6.09. The number of nitro groups is 1. The summed E-state index contributed by atoms with van der Waals surface area (Å²) in [5.41, 5.74) is -0.280. The highest BCUT2D eigenvalue weighted by atomic mass is 19.1. The van der Waals surface area contributed by atoms with Crippen LogP contribution in [0.25, 0.3) is 6.08 Å². The molecule has 0 aliphatic carbocycles. The predicted octanol–water partition coefficient (Wildman–Crippen LogP) is 4.99. The van der Waals surface area contributed by atoms with Crippen LogP contribution in [0.5, 0.6) is 5.75 Å². The first kappa shape index (κ1) is 20.5. The molecule has 0 amide bonds. The molecule has 150 valence electrons. The van der Waals surface area contributed by atoms with Gasteiger partial charge in [0.05, 0.1) is 16.1 Å². The zero-order chi connectivity index (χ0) is 21.7. The molecule has 3 aromatic carbocycles. The van der Waals surface area contributed by atoms with E-state index >= 15 is 0 Å². The first-order valence-corrected chi connectivity index (χ1v) is 8.58. The second-order valence-electron chi connectivity index (χ2n) is 6.05. The topological polar surface area (TPSA) is 86.5 Å². The summed E-state index contributed by atoms with van der Waals surface area (Å²) < 4.78 is 32.5. The minimum atomic E-state index is -0.886. The maximum atomic E-state index is 13.7. The lowest BCUT2D eigenvalue weighted by Crippen LogP contribution is -2.11. The zero-order valence-corrected chi connectivity index (χ0v) is 15.2. The zero-order valence-electron chi connectivity index (χ0n) is 15.2. The molecule has 0 unspecified atom stereocenters. The van der Waals surface area contributed by atoms with Crippen molar-refractivity contribution < 1.29 is 28.0 Å². The van der Waals surface area contributed by atoms with Gasteiger partial charge in [0, 0.05) is 17.7 Å². The van der Waals surface area contributed by atoms with Gasteiger partial charge in [0.25, 0.3) is 5.69 Å². The molecule has 6 nitrogen and oxygen atoms in total. The van der Waals surface area contributed by atoms with Crippen LogP contribution in [-0.4, -0.2) is 16.7 Å². The van der Waals surface area contributed by atoms with Crippen molar-refractivity contribution in [3.05, 3.63) is 111 Å². The van der Waals surface area contributed by atoms with Gasteiger partial charge >= 0.3 is 5.97 Å². The van der Waals surface area contributed by atoms with Crippen molar-refractivity contribution in [3.8, 4) is 5.75 Å². The Morgan fingerprint density at radius 2 is 1.67 bits per heavy atom. The number of carbonyl (C=O) groups is 2. The summed E-state index contributed by atoms with van der Waals surface area (Å²) in [6.45, 7) is 0. The molecular weight excluding hydrogens is 396 g/mol. The number of hydrogen-bond donors (Lipinski definition) is 0. The Hall–Kier alpha value is -4.20. The number of halogens is 2. The van der Waals surface area contributed by atoms with E-state index in [0.29, 0.717) is 0 Å². The second-order valence-corrected chi connectivity index (χ2v) is 6.05. The van der Waals surface area contributed by atoms with Gasteiger partial charge in [-0.3, -0.25) is 14.9 Å². The Kier molecular flexibility index (Phi) is 6.07. The number of carbonyl (C=O) groups excluding carboxylic acids is 2. The number of nitrogens with zero attached hydrogens (tertiary/aromatic N) is 1. The third-order valence-corrected chi connectivity index (χ3v) is 4.04. The van der Waals surface area contributed by atoms with Crippen molar-refractivity contribution in [3.63, 3.8) is 0 Å². The largest absolute Gasteiger partial charge is 0.422 e. The molecule has 0 saturated heterocycles. The summed E-state index contributed by atoms with van der Waals surface area (Å²) in [6, 6.07) is 13.4. The number of nitro benzene ring substituents is 1. The van der Waals surface area contributed by atoms with Crippen molar-refractivity contribution >= 4 is 23.5 Å². The molecule has 0 aliphatic rings. The second kappa shape index (κ2) is 8.87. The standard InChI is InChI=1S/C22H13F2NO5/c23-16-8-12-21(30-22(27)15-5-9-17(10-6-15)25(28)29)18(13-16)20(26)11-7-14-3-1-2-4-19(14)24/h1-13H. The molecule has 0 saturated carbocycles. The molecule has 0 fully saturated rings. The van der Waals surface area contributed by atoms with Gasteiger partial charge in [0.2, 0.25) is 0 Å². The molecule has 3 rings (SSSR count).